The van der Waals surface area contributed by atoms with Gasteiger partial charge in [0.15, 0.2) is 11.8 Å². The lowest BCUT2D eigenvalue weighted by molar-refractivity contribution is 0.300. The van der Waals surface area contributed by atoms with Crippen LogP contribution >= 0.6 is 11.6 Å². The maximum absolute atomic E-state index is 14.5. The Morgan fingerprint density at radius 1 is 1.14 bits per heavy atom. The number of rotatable bonds is 3. The van der Waals surface area contributed by atoms with Gasteiger partial charge in [-0.3, -0.25) is 0 Å². The van der Waals surface area contributed by atoms with Gasteiger partial charge < -0.3 is 9.30 Å². The molecule has 4 rings (SSSR count). The number of benzene rings is 2. The summed E-state index contributed by atoms with van der Waals surface area (Å²) in [5.41, 5.74) is 0.298. The van der Waals surface area contributed by atoms with Gasteiger partial charge >= 0.3 is 0 Å². The summed E-state index contributed by atoms with van der Waals surface area (Å²) in [4.78, 5) is 4.04. The summed E-state index contributed by atoms with van der Waals surface area (Å²) < 4.78 is 22.3. The fourth-order valence-corrected chi connectivity index (χ4v) is 3.20. The van der Waals surface area contributed by atoms with Crippen molar-refractivity contribution in [2.45, 2.75) is 11.8 Å². The highest BCUT2D eigenvalue weighted by Crippen LogP contribution is 2.60. The number of halogens is 2. The summed E-state index contributed by atoms with van der Waals surface area (Å²) in [5, 5.41) is 0.353. The summed E-state index contributed by atoms with van der Waals surface area (Å²) in [6.07, 6.45) is 4.75. The van der Waals surface area contributed by atoms with Gasteiger partial charge in [-0.1, -0.05) is 48.0 Å². The zero-order chi connectivity index (χ0) is 15.2. The van der Waals surface area contributed by atoms with E-state index in [1.54, 1.807) is 30.9 Å². The molecule has 0 saturated carbocycles. The minimum atomic E-state index is -0.926. The van der Waals surface area contributed by atoms with Crippen LogP contribution in [-0.4, -0.2) is 9.55 Å². The SMILES string of the molecule is Fc1cccc(Cl)c1C1(c2ccccc2)OC1n1ccnc1. The van der Waals surface area contributed by atoms with Crippen molar-refractivity contribution in [3.63, 3.8) is 0 Å². The summed E-state index contributed by atoms with van der Waals surface area (Å²) in [6.45, 7) is 0. The second-order valence-electron chi connectivity index (χ2n) is 5.18. The monoisotopic (exact) mass is 314 g/mol. The number of nitrogens with zero attached hydrogens (tertiary/aromatic N) is 2. The average Bonchev–Trinajstić information content (AvgIpc) is 3.03. The van der Waals surface area contributed by atoms with E-state index in [1.807, 2.05) is 34.9 Å². The van der Waals surface area contributed by atoms with Gasteiger partial charge in [0, 0.05) is 18.0 Å². The van der Waals surface area contributed by atoms with Crippen molar-refractivity contribution in [3.8, 4) is 0 Å². The molecule has 1 saturated heterocycles. The number of aromatic nitrogens is 2. The molecule has 1 aliphatic heterocycles. The predicted octanol–water partition coefficient (Wildman–Crippen LogP) is 4.15. The third-order valence-corrected chi connectivity index (χ3v) is 4.24. The zero-order valence-corrected chi connectivity index (χ0v) is 12.2. The van der Waals surface area contributed by atoms with Gasteiger partial charge in [-0.05, 0) is 17.7 Å². The van der Waals surface area contributed by atoms with Crippen LogP contribution in [0.25, 0.3) is 0 Å². The molecule has 22 heavy (non-hydrogen) atoms. The molecule has 0 N–H and O–H groups in total. The van der Waals surface area contributed by atoms with Crippen molar-refractivity contribution in [2.24, 2.45) is 0 Å². The van der Waals surface area contributed by atoms with E-state index in [9.17, 15) is 4.39 Å². The van der Waals surface area contributed by atoms with Crippen molar-refractivity contribution in [3.05, 3.63) is 89.2 Å². The molecule has 0 radical (unpaired) electrons. The Balaban J connectivity index is 1.92. The lowest BCUT2D eigenvalue weighted by Crippen LogP contribution is -2.17. The van der Waals surface area contributed by atoms with E-state index < -0.39 is 5.60 Å². The third-order valence-electron chi connectivity index (χ3n) is 3.92. The Hall–Kier alpha value is -2.17. The van der Waals surface area contributed by atoms with Gasteiger partial charge in [-0.15, -0.1) is 0 Å². The van der Waals surface area contributed by atoms with Crippen LogP contribution in [0.15, 0.2) is 67.3 Å². The van der Waals surface area contributed by atoms with Crippen molar-refractivity contribution < 1.29 is 9.13 Å². The first-order valence-electron chi connectivity index (χ1n) is 6.89. The van der Waals surface area contributed by atoms with Gasteiger partial charge in [0.2, 0.25) is 0 Å². The van der Waals surface area contributed by atoms with Crippen LogP contribution in [0.3, 0.4) is 0 Å². The molecule has 3 nitrogen and oxygen atoms in total. The summed E-state index contributed by atoms with van der Waals surface area (Å²) in [5.74, 6) is -0.376. The van der Waals surface area contributed by atoms with E-state index in [0.29, 0.717) is 10.6 Å². The predicted molar refractivity (Wildman–Crippen MR) is 81.0 cm³/mol. The van der Waals surface area contributed by atoms with Gasteiger partial charge in [0.25, 0.3) is 0 Å². The fourth-order valence-electron chi connectivity index (χ4n) is 2.90. The van der Waals surface area contributed by atoms with Crippen LogP contribution < -0.4 is 0 Å². The smallest absolute Gasteiger partial charge is 0.174 e. The van der Waals surface area contributed by atoms with Crippen molar-refractivity contribution >= 4 is 11.6 Å². The number of ether oxygens (including phenoxy) is 1. The molecule has 5 heteroatoms. The van der Waals surface area contributed by atoms with Crippen LogP contribution in [0.2, 0.25) is 5.02 Å². The Morgan fingerprint density at radius 2 is 1.95 bits per heavy atom. The summed E-state index contributed by atoms with van der Waals surface area (Å²) in [7, 11) is 0. The molecule has 2 aromatic carbocycles. The molecule has 0 spiro atoms. The summed E-state index contributed by atoms with van der Waals surface area (Å²) in [6, 6.07) is 14.2. The first kappa shape index (κ1) is 13.5. The van der Waals surface area contributed by atoms with E-state index in [0.717, 1.165) is 5.56 Å². The van der Waals surface area contributed by atoms with Crippen molar-refractivity contribution in [2.75, 3.05) is 0 Å². The Morgan fingerprint density at radius 3 is 2.64 bits per heavy atom. The number of imidazole rings is 1. The standard InChI is InChI=1S/C17H12ClFN2O/c18-13-7-4-8-14(19)15(13)17(12-5-2-1-3-6-12)16(22-17)21-10-9-20-11-21/h1-11,16H. The largest absolute Gasteiger partial charge is 0.333 e. The number of hydrogen-bond acceptors (Lipinski definition) is 2. The molecular formula is C17H12ClFN2O. The molecule has 1 fully saturated rings. The first-order chi connectivity index (χ1) is 10.7. The molecule has 2 unspecified atom stereocenters. The fraction of sp³-hybridized carbons (Fsp3) is 0.118. The van der Waals surface area contributed by atoms with E-state index in [-0.39, 0.29) is 12.0 Å². The lowest BCUT2D eigenvalue weighted by Gasteiger charge is -2.16. The molecule has 0 amide bonds. The normalized spacial score (nSPS) is 23.5. The maximum Gasteiger partial charge on any atom is 0.174 e. The highest BCUT2D eigenvalue weighted by atomic mass is 35.5. The molecule has 1 aromatic heterocycles. The van der Waals surface area contributed by atoms with Crippen LogP contribution in [0.4, 0.5) is 4.39 Å². The van der Waals surface area contributed by atoms with Crippen LogP contribution in [0.1, 0.15) is 17.4 Å². The molecule has 0 aliphatic carbocycles. The molecular weight excluding hydrogens is 303 g/mol. The maximum atomic E-state index is 14.5. The summed E-state index contributed by atoms with van der Waals surface area (Å²) >= 11 is 6.29. The van der Waals surface area contributed by atoms with Gasteiger partial charge in [-0.25, -0.2) is 9.37 Å². The van der Waals surface area contributed by atoms with Gasteiger partial charge in [0.1, 0.15) is 5.82 Å². The van der Waals surface area contributed by atoms with E-state index in [1.165, 1.54) is 6.07 Å². The van der Waals surface area contributed by atoms with Gasteiger partial charge in [-0.2, -0.15) is 0 Å². The Kier molecular flexibility index (Phi) is 3.03. The highest BCUT2D eigenvalue weighted by Gasteiger charge is 2.62. The zero-order valence-electron chi connectivity index (χ0n) is 11.5. The second kappa shape index (κ2) is 4.93. The molecule has 2 heterocycles. The van der Waals surface area contributed by atoms with E-state index in [4.69, 9.17) is 16.3 Å². The average molecular weight is 315 g/mol. The topological polar surface area (TPSA) is 30.4 Å². The highest BCUT2D eigenvalue weighted by molar-refractivity contribution is 6.31. The van der Waals surface area contributed by atoms with E-state index in [2.05, 4.69) is 4.98 Å². The minimum Gasteiger partial charge on any atom is -0.333 e. The van der Waals surface area contributed by atoms with Gasteiger partial charge in [0.05, 0.1) is 11.3 Å². The minimum absolute atomic E-state index is 0.353. The Labute approximate surface area is 131 Å². The number of epoxide rings is 1. The lowest BCUT2D eigenvalue weighted by atomic mass is 9.89. The third kappa shape index (κ3) is 1.88. The van der Waals surface area contributed by atoms with Crippen molar-refractivity contribution in [1.29, 1.82) is 0 Å². The molecule has 110 valence electrons. The van der Waals surface area contributed by atoms with Crippen LogP contribution in [0, 0.1) is 5.82 Å². The molecule has 2 atom stereocenters. The molecule has 0 bridgehead atoms. The van der Waals surface area contributed by atoms with Crippen LogP contribution in [-0.2, 0) is 10.3 Å². The second-order valence-corrected chi connectivity index (χ2v) is 5.59. The van der Waals surface area contributed by atoms with Crippen LogP contribution in [0.5, 0.6) is 0 Å². The molecule has 3 aromatic rings. The Bertz CT molecular complexity index is 787. The quantitative estimate of drug-likeness (QED) is 0.680. The van der Waals surface area contributed by atoms with Crippen molar-refractivity contribution in [1.82, 2.24) is 9.55 Å². The first-order valence-corrected chi connectivity index (χ1v) is 7.26. The van der Waals surface area contributed by atoms with E-state index >= 15 is 0 Å². The number of hydrogen-bond donors (Lipinski definition) is 0. The molecule has 1 aliphatic rings.